The van der Waals surface area contributed by atoms with Gasteiger partial charge < -0.3 is 19.7 Å². The Hall–Kier alpha value is -1.82. The summed E-state index contributed by atoms with van der Waals surface area (Å²) in [7, 11) is 0. The molecule has 6 nitrogen and oxygen atoms in total. The first kappa shape index (κ1) is 18.5. The van der Waals surface area contributed by atoms with Gasteiger partial charge in [0.25, 0.3) is 0 Å². The van der Waals surface area contributed by atoms with Crippen molar-refractivity contribution in [1.29, 1.82) is 0 Å². The van der Waals surface area contributed by atoms with E-state index in [-0.39, 0.29) is 24.3 Å². The number of aliphatic hydroxyl groups is 1. The van der Waals surface area contributed by atoms with E-state index >= 15 is 0 Å². The molecule has 2 atom stereocenters. The van der Waals surface area contributed by atoms with Gasteiger partial charge in [-0.3, -0.25) is 9.59 Å². The van der Waals surface area contributed by atoms with Gasteiger partial charge in [0, 0.05) is 25.1 Å². The summed E-state index contributed by atoms with van der Waals surface area (Å²) in [5.74, 6) is 1.15. The number of piperidine rings is 1. The minimum absolute atomic E-state index is 0.0870. The number of hydrogen-bond acceptors (Lipinski definition) is 4. The number of carbonyl (C=O) groups is 2. The van der Waals surface area contributed by atoms with Crippen LogP contribution in [0.4, 0.5) is 0 Å². The molecule has 0 spiro atoms. The summed E-state index contributed by atoms with van der Waals surface area (Å²) in [6, 6.07) is 1.80. The van der Waals surface area contributed by atoms with E-state index in [4.69, 9.17) is 4.42 Å². The van der Waals surface area contributed by atoms with Gasteiger partial charge in [-0.15, -0.1) is 0 Å². The van der Waals surface area contributed by atoms with Crippen LogP contribution in [0.1, 0.15) is 50.2 Å². The Balaban J connectivity index is 1.94. The van der Waals surface area contributed by atoms with Crippen LogP contribution in [0, 0.1) is 19.8 Å². The van der Waals surface area contributed by atoms with Crippen LogP contribution in [0.2, 0.25) is 0 Å². The van der Waals surface area contributed by atoms with E-state index in [9.17, 15) is 14.7 Å². The molecule has 1 fully saturated rings. The van der Waals surface area contributed by atoms with Gasteiger partial charge in [0.1, 0.15) is 17.1 Å². The summed E-state index contributed by atoms with van der Waals surface area (Å²) in [5, 5.41) is 13.5. The van der Waals surface area contributed by atoms with Crippen LogP contribution < -0.4 is 5.32 Å². The summed E-state index contributed by atoms with van der Waals surface area (Å²) in [5.41, 5.74) is -0.503. The van der Waals surface area contributed by atoms with Gasteiger partial charge in [-0.2, -0.15) is 0 Å². The van der Waals surface area contributed by atoms with Crippen LogP contribution in [0.5, 0.6) is 0 Å². The number of rotatable bonds is 5. The largest absolute Gasteiger partial charge is 0.466 e. The lowest BCUT2D eigenvalue weighted by atomic mass is 9.94. The van der Waals surface area contributed by atoms with Gasteiger partial charge in [0.05, 0.1) is 12.5 Å². The van der Waals surface area contributed by atoms with Crippen molar-refractivity contribution in [3.05, 3.63) is 23.2 Å². The molecule has 2 amide bonds. The predicted molar refractivity (Wildman–Crippen MR) is 90.4 cm³/mol. The van der Waals surface area contributed by atoms with E-state index in [1.165, 1.54) is 0 Å². The Morgan fingerprint density at radius 3 is 2.75 bits per heavy atom. The minimum Gasteiger partial charge on any atom is -0.466 e. The Kier molecular flexibility index (Phi) is 5.70. The molecule has 1 aliphatic heterocycles. The fraction of sp³-hybridized carbons (Fsp3) is 0.667. The zero-order valence-corrected chi connectivity index (χ0v) is 15.0. The molecular formula is C18H28N2O4. The van der Waals surface area contributed by atoms with Crippen molar-refractivity contribution >= 4 is 11.8 Å². The lowest BCUT2D eigenvalue weighted by Gasteiger charge is -2.32. The van der Waals surface area contributed by atoms with Crippen molar-refractivity contribution in [2.45, 2.75) is 52.6 Å². The molecule has 2 N–H and O–H groups in total. The average molecular weight is 336 g/mol. The third-order valence-electron chi connectivity index (χ3n) is 4.68. The maximum Gasteiger partial charge on any atom is 0.225 e. The fourth-order valence-electron chi connectivity index (χ4n) is 3.31. The molecule has 0 saturated carbocycles. The standard InChI is InChI=1S/C18H28N2O4/c1-5-16(21)20-8-6-7-14(10-20)17(22)19-11-18(4,23)15-9-12(2)24-13(15)3/h9,14,23H,5-8,10-11H2,1-4H3,(H,19,22). The van der Waals surface area contributed by atoms with Gasteiger partial charge in [-0.25, -0.2) is 0 Å². The Morgan fingerprint density at radius 1 is 1.46 bits per heavy atom. The highest BCUT2D eigenvalue weighted by atomic mass is 16.3. The first-order valence-electron chi connectivity index (χ1n) is 8.60. The van der Waals surface area contributed by atoms with Gasteiger partial charge in [0.15, 0.2) is 0 Å². The lowest BCUT2D eigenvalue weighted by molar-refractivity contribution is -0.135. The van der Waals surface area contributed by atoms with Crippen molar-refractivity contribution in [2.75, 3.05) is 19.6 Å². The molecule has 2 heterocycles. The maximum atomic E-state index is 12.4. The quantitative estimate of drug-likeness (QED) is 0.860. The molecule has 1 aromatic rings. The van der Waals surface area contributed by atoms with Crippen molar-refractivity contribution in [3.8, 4) is 0 Å². The summed E-state index contributed by atoms with van der Waals surface area (Å²) in [6.45, 7) is 8.42. The van der Waals surface area contributed by atoms with Crippen LogP contribution in [0.3, 0.4) is 0 Å². The van der Waals surface area contributed by atoms with Crippen LogP contribution >= 0.6 is 0 Å². The number of amides is 2. The molecule has 0 radical (unpaired) electrons. The molecule has 0 aromatic carbocycles. The van der Waals surface area contributed by atoms with E-state index in [2.05, 4.69) is 5.32 Å². The predicted octanol–water partition coefficient (Wildman–Crippen LogP) is 1.87. The normalized spacial score (nSPS) is 20.5. The van der Waals surface area contributed by atoms with E-state index < -0.39 is 5.60 Å². The average Bonchev–Trinajstić information content (AvgIpc) is 2.91. The number of likely N-dealkylation sites (tertiary alicyclic amines) is 1. The molecule has 1 saturated heterocycles. The molecule has 6 heteroatoms. The monoisotopic (exact) mass is 336 g/mol. The Bertz CT molecular complexity index is 606. The van der Waals surface area contributed by atoms with Crippen LogP contribution in [-0.2, 0) is 15.2 Å². The van der Waals surface area contributed by atoms with Crippen LogP contribution in [0.25, 0.3) is 0 Å². The number of carbonyl (C=O) groups excluding carboxylic acids is 2. The van der Waals surface area contributed by atoms with Crippen molar-refractivity contribution < 1.29 is 19.1 Å². The van der Waals surface area contributed by atoms with E-state index in [1.54, 1.807) is 24.8 Å². The van der Waals surface area contributed by atoms with Gasteiger partial charge in [0.2, 0.25) is 11.8 Å². The third kappa shape index (κ3) is 4.17. The summed E-state index contributed by atoms with van der Waals surface area (Å²) in [6.07, 6.45) is 2.06. The molecule has 2 rings (SSSR count). The molecule has 134 valence electrons. The van der Waals surface area contributed by atoms with Gasteiger partial charge >= 0.3 is 0 Å². The van der Waals surface area contributed by atoms with E-state index in [0.717, 1.165) is 25.1 Å². The first-order chi connectivity index (χ1) is 11.2. The van der Waals surface area contributed by atoms with Crippen LogP contribution in [0.15, 0.2) is 10.5 Å². The smallest absolute Gasteiger partial charge is 0.225 e. The number of furan rings is 1. The van der Waals surface area contributed by atoms with E-state index in [1.807, 2.05) is 13.8 Å². The molecule has 1 aromatic heterocycles. The zero-order chi connectivity index (χ0) is 17.9. The summed E-state index contributed by atoms with van der Waals surface area (Å²) < 4.78 is 5.46. The first-order valence-corrected chi connectivity index (χ1v) is 8.60. The summed E-state index contributed by atoms with van der Waals surface area (Å²) >= 11 is 0. The molecule has 1 aliphatic rings. The second kappa shape index (κ2) is 7.38. The number of hydrogen-bond donors (Lipinski definition) is 2. The zero-order valence-electron chi connectivity index (χ0n) is 15.0. The van der Waals surface area contributed by atoms with Crippen molar-refractivity contribution in [2.24, 2.45) is 5.92 Å². The Morgan fingerprint density at radius 2 is 2.17 bits per heavy atom. The molecule has 2 unspecified atom stereocenters. The molecule has 0 bridgehead atoms. The molecule has 0 aliphatic carbocycles. The number of aryl methyl sites for hydroxylation is 2. The highest BCUT2D eigenvalue weighted by Gasteiger charge is 2.31. The highest BCUT2D eigenvalue weighted by Crippen LogP contribution is 2.26. The second-order valence-electron chi connectivity index (χ2n) is 6.85. The SMILES string of the molecule is CCC(=O)N1CCCC(C(=O)NCC(C)(O)c2cc(C)oc2C)C1. The maximum absolute atomic E-state index is 12.4. The third-order valence-corrected chi connectivity index (χ3v) is 4.68. The lowest BCUT2D eigenvalue weighted by Crippen LogP contribution is -2.47. The topological polar surface area (TPSA) is 82.8 Å². The fourth-order valence-corrected chi connectivity index (χ4v) is 3.31. The van der Waals surface area contributed by atoms with Crippen molar-refractivity contribution in [1.82, 2.24) is 10.2 Å². The summed E-state index contributed by atoms with van der Waals surface area (Å²) in [4.78, 5) is 26.0. The second-order valence-corrected chi connectivity index (χ2v) is 6.85. The number of nitrogens with zero attached hydrogens (tertiary/aromatic N) is 1. The van der Waals surface area contributed by atoms with Crippen LogP contribution in [-0.4, -0.2) is 41.5 Å². The number of nitrogens with one attached hydrogen (secondary N) is 1. The minimum atomic E-state index is -1.19. The Labute approximate surface area is 143 Å². The molecule has 24 heavy (non-hydrogen) atoms. The van der Waals surface area contributed by atoms with E-state index in [0.29, 0.717) is 24.3 Å². The van der Waals surface area contributed by atoms with Gasteiger partial charge in [-0.05, 0) is 39.7 Å². The highest BCUT2D eigenvalue weighted by molar-refractivity contribution is 5.81. The van der Waals surface area contributed by atoms with Crippen molar-refractivity contribution in [3.63, 3.8) is 0 Å². The van der Waals surface area contributed by atoms with Gasteiger partial charge in [-0.1, -0.05) is 6.92 Å². The molecular weight excluding hydrogens is 308 g/mol.